The molecule has 9 nitrogen and oxygen atoms in total. The number of nitrogens with one attached hydrogen (secondary N) is 2. The van der Waals surface area contributed by atoms with Crippen molar-refractivity contribution in [2.24, 2.45) is 0 Å². The van der Waals surface area contributed by atoms with Gasteiger partial charge in [0.1, 0.15) is 17.4 Å². The number of pyridine rings is 1. The summed E-state index contributed by atoms with van der Waals surface area (Å²) in [7, 11) is 1.70. The van der Waals surface area contributed by atoms with Crippen LogP contribution in [0.1, 0.15) is 43.9 Å². The van der Waals surface area contributed by atoms with Crippen molar-refractivity contribution in [2.45, 2.75) is 57.6 Å². The number of aromatic nitrogens is 2. The lowest BCUT2D eigenvalue weighted by molar-refractivity contribution is -0.138. The number of fused-ring (bicyclic) bond motifs is 2. The highest BCUT2D eigenvalue weighted by Crippen LogP contribution is 2.21. The standard InChI is InChI=1S/C27H37N5O4/c1-19(35-2)18-32(16-6-5-9-21-13-12-20-8-7-15-28-25(20)29-21)17-14-23(26(33)34)31-27-30-22-10-3-4-11-24(22)36-27/h3-4,10-13,19,23H,5-9,14-18H2,1-2H3,(H,28,29)(H,30,31)(H,33,34)/t19-,23?/m1/s1. The van der Waals surface area contributed by atoms with Gasteiger partial charge in [-0.3, -0.25) is 0 Å². The van der Waals surface area contributed by atoms with Crippen LogP contribution in [0.3, 0.4) is 0 Å². The quantitative estimate of drug-likeness (QED) is 0.283. The highest BCUT2D eigenvalue weighted by molar-refractivity contribution is 5.78. The first-order valence-corrected chi connectivity index (χ1v) is 12.8. The number of hydrogen-bond donors (Lipinski definition) is 3. The molecule has 0 radical (unpaired) electrons. The van der Waals surface area contributed by atoms with E-state index in [4.69, 9.17) is 14.1 Å². The van der Waals surface area contributed by atoms with Crippen LogP contribution in [0.15, 0.2) is 40.8 Å². The Kier molecular flexibility index (Phi) is 9.13. The number of hydrogen-bond acceptors (Lipinski definition) is 8. The summed E-state index contributed by atoms with van der Waals surface area (Å²) in [4.78, 5) is 23.4. The molecule has 2 aromatic heterocycles. The number of carboxylic acid groups (broad SMARTS) is 1. The third kappa shape index (κ3) is 7.18. The molecule has 0 aliphatic carbocycles. The van der Waals surface area contributed by atoms with E-state index >= 15 is 0 Å². The van der Waals surface area contributed by atoms with Crippen molar-refractivity contribution in [3.63, 3.8) is 0 Å². The topological polar surface area (TPSA) is 113 Å². The van der Waals surface area contributed by atoms with Crippen molar-refractivity contribution in [3.8, 4) is 0 Å². The molecular formula is C27H37N5O4. The first kappa shape index (κ1) is 25.9. The maximum atomic E-state index is 11.9. The van der Waals surface area contributed by atoms with Crippen molar-refractivity contribution < 1.29 is 19.1 Å². The van der Waals surface area contributed by atoms with Crippen LogP contribution < -0.4 is 10.6 Å². The van der Waals surface area contributed by atoms with Gasteiger partial charge in [-0.1, -0.05) is 18.2 Å². The number of aryl methyl sites for hydroxylation is 2. The molecule has 0 saturated heterocycles. The fourth-order valence-electron chi connectivity index (χ4n) is 4.53. The molecule has 1 aliphatic heterocycles. The summed E-state index contributed by atoms with van der Waals surface area (Å²) in [6.07, 6.45) is 5.69. The third-order valence-corrected chi connectivity index (χ3v) is 6.65. The number of ether oxygens (including phenoxy) is 1. The molecule has 3 aromatic rings. The summed E-state index contributed by atoms with van der Waals surface area (Å²) < 4.78 is 11.1. The van der Waals surface area contributed by atoms with Crippen LogP contribution in [-0.2, 0) is 22.4 Å². The largest absolute Gasteiger partial charge is 0.480 e. The number of carboxylic acids is 1. The molecule has 0 bridgehead atoms. The van der Waals surface area contributed by atoms with Gasteiger partial charge >= 0.3 is 5.97 Å². The maximum absolute atomic E-state index is 11.9. The molecule has 0 spiro atoms. The molecule has 36 heavy (non-hydrogen) atoms. The number of carbonyl (C=O) groups is 1. The molecular weight excluding hydrogens is 458 g/mol. The average molecular weight is 496 g/mol. The summed E-state index contributed by atoms with van der Waals surface area (Å²) in [6.45, 7) is 5.26. The van der Waals surface area contributed by atoms with Gasteiger partial charge in [0.05, 0.1) is 6.10 Å². The minimum absolute atomic E-state index is 0.0617. The van der Waals surface area contributed by atoms with Crippen molar-refractivity contribution in [2.75, 3.05) is 43.9 Å². The second kappa shape index (κ2) is 12.7. The molecule has 194 valence electrons. The number of anilines is 2. The molecule has 2 atom stereocenters. The lowest BCUT2D eigenvalue weighted by Crippen LogP contribution is -2.38. The van der Waals surface area contributed by atoms with Crippen LogP contribution in [-0.4, -0.2) is 71.4 Å². The second-order valence-electron chi connectivity index (χ2n) is 9.46. The molecule has 4 rings (SSSR count). The van der Waals surface area contributed by atoms with Gasteiger partial charge in [0.2, 0.25) is 0 Å². The number of unbranched alkanes of at least 4 members (excludes halogenated alkanes) is 1. The zero-order valence-electron chi connectivity index (χ0n) is 21.2. The summed E-state index contributed by atoms with van der Waals surface area (Å²) >= 11 is 0. The van der Waals surface area contributed by atoms with Gasteiger partial charge in [-0.15, -0.1) is 0 Å². The van der Waals surface area contributed by atoms with Gasteiger partial charge in [0, 0.05) is 32.4 Å². The smallest absolute Gasteiger partial charge is 0.326 e. The highest BCUT2D eigenvalue weighted by Gasteiger charge is 2.22. The molecule has 1 unspecified atom stereocenters. The minimum Gasteiger partial charge on any atom is -0.480 e. The predicted molar refractivity (Wildman–Crippen MR) is 141 cm³/mol. The molecule has 9 heteroatoms. The Morgan fingerprint density at radius 3 is 2.89 bits per heavy atom. The predicted octanol–water partition coefficient (Wildman–Crippen LogP) is 4.20. The molecule has 0 saturated carbocycles. The van der Waals surface area contributed by atoms with Gasteiger partial charge in [0.25, 0.3) is 6.01 Å². The van der Waals surface area contributed by atoms with E-state index in [1.807, 2.05) is 31.2 Å². The number of methoxy groups -OCH3 is 1. The van der Waals surface area contributed by atoms with Gasteiger partial charge in [0.15, 0.2) is 5.58 Å². The molecule has 1 aromatic carbocycles. The highest BCUT2D eigenvalue weighted by atomic mass is 16.5. The summed E-state index contributed by atoms with van der Waals surface area (Å²) in [5, 5.41) is 16.1. The molecule has 3 N–H and O–H groups in total. The average Bonchev–Trinajstić information content (AvgIpc) is 3.30. The first-order chi connectivity index (χ1) is 17.5. The zero-order valence-corrected chi connectivity index (χ0v) is 21.2. The monoisotopic (exact) mass is 495 g/mol. The van der Waals surface area contributed by atoms with Gasteiger partial charge in [-0.05, 0) is 75.8 Å². The van der Waals surface area contributed by atoms with Crippen LogP contribution >= 0.6 is 0 Å². The number of rotatable bonds is 14. The first-order valence-electron chi connectivity index (χ1n) is 12.8. The van der Waals surface area contributed by atoms with E-state index in [2.05, 4.69) is 32.7 Å². The van der Waals surface area contributed by atoms with E-state index in [9.17, 15) is 9.90 Å². The fraction of sp³-hybridized carbons (Fsp3) is 0.519. The fourth-order valence-corrected chi connectivity index (χ4v) is 4.53. The minimum atomic E-state index is -0.927. The van der Waals surface area contributed by atoms with Crippen molar-refractivity contribution >= 4 is 28.9 Å². The maximum Gasteiger partial charge on any atom is 0.326 e. The Morgan fingerprint density at radius 2 is 2.08 bits per heavy atom. The Balaban J connectivity index is 1.29. The lowest BCUT2D eigenvalue weighted by Gasteiger charge is -2.26. The van der Waals surface area contributed by atoms with Gasteiger partial charge in [-0.25, -0.2) is 9.78 Å². The molecule has 3 heterocycles. The van der Waals surface area contributed by atoms with Crippen molar-refractivity contribution in [3.05, 3.63) is 47.7 Å². The number of benzene rings is 1. The Morgan fingerprint density at radius 1 is 1.22 bits per heavy atom. The van der Waals surface area contributed by atoms with Gasteiger partial charge in [-0.2, -0.15) is 4.98 Å². The summed E-state index contributed by atoms with van der Waals surface area (Å²) in [5.74, 6) is 0.115. The third-order valence-electron chi connectivity index (χ3n) is 6.65. The molecule has 0 fully saturated rings. The number of oxazole rings is 1. The van der Waals surface area contributed by atoms with Gasteiger partial charge < -0.3 is 29.8 Å². The van der Waals surface area contributed by atoms with E-state index < -0.39 is 12.0 Å². The van der Waals surface area contributed by atoms with E-state index in [1.54, 1.807) is 7.11 Å². The van der Waals surface area contributed by atoms with E-state index in [1.165, 1.54) is 5.56 Å². The lowest BCUT2D eigenvalue weighted by atomic mass is 10.1. The Hall–Kier alpha value is -3.17. The van der Waals surface area contributed by atoms with E-state index in [0.29, 0.717) is 24.1 Å². The van der Waals surface area contributed by atoms with Crippen molar-refractivity contribution in [1.82, 2.24) is 14.9 Å². The number of nitrogens with zero attached hydrogens (tertiary/aromatic N) is 3. The Labute approximate surface area is 212 Å². The van der Waals surface area contributed by atoms with Crippen LogP contribution in [0, 0.1) is 0 Å². The number of para-hydroxylation sites is 2. The van der Waals surface area contributed by atoms with Crippen LogP contribution in [0.4, 0.5) is 11.8 Å². The SMILES string of the molecule is CO[C@H](C)CN(CCCCc1ccc2c(n1)NCCC2)CCC(Nc1nc2ccccc2o1)C(=O)O. The second-order valence-corrected chi connectivity index (χ2v) is 9.46. The summed E-state index contributed by atoms with van der Waals surface area (Å²) in [6, 6.07) is 11.2. The van der Waals surface area contributed by atoms with Crippen LogP contribution in [0.25, 0.3) is 11.1 Å². The van der Waals surface area contributed by atoms with Crippen LogP contribution in [0.5, 0.6) is 0 Å². The van der Waals surface area contributed by atoms with E-state index in [0.717, 1.165) is 63.3 Å². The molecule has 1 aliphatic rings. The van der Waals surface area contributed by atoms with Crippen molar-refractivity contribution in [1.29, 1.82) is 0 Å². The summed E-state index contributed by atoms with van der Waals surface area (Å²) in [5.41, 5.74) is 3.75. The Bertz CT molecular complexity index is 1100. The zero-order chi connectivity index (χ0) is 25.3. The van der Waals surface area contributed by atoms with Crippen LogP contribution in [0.2, 0.25) is 0 Å². The van der Waals surface area contributed by atoms with E-state index in [-0.39, 0.29) is 12.1 Å². The molecule has 0 amide bonds. The number of aliphatic carboxylic acids is 1. The normalized spacial score (nSPS) is 14.9.